The van der Waals surface area contributed by atoms with Crippen molar-refractivity contribution in [2.45, 2.75) is 35.2 Å². The average molecular weight is 429 g/mol. The molecule has 3 aromatic rings. The van der Waals surface area contributed by atoms with Crippen LogP contribution in [0.5, 0.6) is 0 Å². The van der Waals surface area contributed by atoms with Crippen LogP contribution < -0.4 is 10.6 Å². The quantitative estimate of drug-likeness (QED) is 0.614. The number of nitrogens with zero attached hydrogens (tertiary/aromatic N) is 2. The molecule has 1 aliphatic rings. The summed E-state index contributed by atoms with van der Waals surface area (Å²) < 4.78 is 1.92. The summed E-state index contributed by atoms with van der Waals surface area (Å²) in [6.45, 7) is 2.45. The molecule has 0 saturated carbocycles. The van der Waals surface area contributed by atoms with Gasteiger partial charge in [0, 0.05) is 29.1 Å². The van der Waals surface area contributed by atoms with Crippen molar-refractivity contribution < 1.29 is 4.79 Å². The van der Waals surface area contributed by atoms with Crippen molar-refractivity contribution in [3.05, 3.63) is 78.1 Å². The molecule has 2 N–H and O–H groups in total. The molecular weight excluding hydrogens is 404 g/mol. The van der Waals surface area contributed by atoms with Crippen molar-refractivity contribution in [1.82, 2.24) is 20.4 Å². The van der Waals surface area contributed by atoms with Crippen LogP contribution in [-0.2, 0) is 6.54 Å². The first-order valence-electron chi connectivity index (χ1n) is 9.64. The van der Waals surface area contributed by atoms with Crippen molar-refractivity contribution in [2.75, 3.05) is 13.1 Å². The van der Waals surface area contributed by atoms with E-state index in [1.807, 2.05) is 41.2 Å². The van der Waals surface area contributed by atoms with Gasteiger partial charge < -0.3 is 10.6 Å². The molecule has 2 heterocycles. The molecule has 7 heteroatoms. The molecule has 0 bridgehead atoms. The SMILES string of the molecule is Cl.O=C(NCc1ccccc1Sc1ccccc1)c1ccn(C2CCCNC2)n1. The Morgan fingerprint density at radius 2 is 1.93 bits per heavy atom. The number of benzene rings is 2. The van der Waals surface area contributed by atoms with Crippen LogP contribution in [-0.4, -0.2) is 28.8 Å². The van der Waals surface area contributed by atoms with Crippen molar-refractivity contribution in [3.8, 4) is 0 Å². The van der Waals surface area contributed by atoms with E-state index < -0.39 is 0 Å². The smallest absolute Gasteiger partial charge is 0.272 e. The summed E-state index contributed by atoms with van der Waals surface area (Å²) >= 11 is 1.71. The Kier molecular flexibility index (Phi) is 7.75. The zero-order valence-corrected chi connectivity index (χ0v) is 17.7. The van der Waals surface area contributed by atoms with Gasteiger partial charge in [-0.3, -0.25) is 9.48 Å². The summed E-state index contributed by atoms with van der Waals surface area (Å²) in [6.07, 6.45) is 4.15. The van der Waals surface area contributed by atoms with Gasteiger partial charge in [-0.05, 0) is 49.2 Å². The van der Waals surface area contributed by atoms with E-state index in [9.17, 15) is 4.79 Å². The molecule has 0 aliphatic carbocycles. The highest BCUT2D eigenvalue weighted by Gasteiger charge is 2.17. The van der Waals surface area contributed by atoms with E-state index in [-0.39, 0.29) is 18.3 Å². The number of halogens is 1. The monoisotopic (exact) mass is 428 g/mol. The summed E-state index contributed by atoms with van der Waals surface area (Å²) in [5.74, 6) is -0.137. The molecule has 1 amide bonds. The molecule has 152 valence electrons. The molecule has 4 rings (SSSR count). The molecule has 1 atom stereocenters. The summed E-state index contributed by atoms with van der Waals surface area (Å²) in [6, 6.07) is 20.6. The third-order valence-corrected chi connectivity index (χ3v) is 6.00. The molecule has 1 unspecified atom stereocenters. The lowest BCUT2D eigenvalue weighted by Gasteiger charge is -2.22. The van der Waals surface area contributed by atoms with Crippen molar-refractivity contribution >= 4 is 30.1 Å². The van der Waals surface area contributed by atoms with E-state index in [1.165, 1.54) is 4.90 Å². The minimum Gasteiger partial charge on any atom is -0.347 e. The second kappa shape index (κ2) is 10.5. The van der Waals surface area contributed by atoms with Gasteiger partial charge in [0.05, 0.1) is 6.04 Å². The lowest BCUT2D eigenvalue weighted by Crippen LogP contribution is -2.32. The van der Waals surface area contributed by atoms with Crippen LogP contribution in [0.3, 0.4) is 0 Å². The summed E-state index contributed by atoms with van der Waals surface area (Å²) in [5, 5.41) is 10.9. The fourth-order valence-corrected chi connectivity index (χ4v) is 4.32. The predicted molar refractivity (Wildman–Crippen MR) is 119 cm³/mol. The van der Waals surface area contributed by atoms with Crippen LogP contribution in [0.25, 0.3) is 0 Å². The van der Waals surface area contributed by atoms with E-state index in [0.717, 1.165) is 36.4 Å². The number of hydrogen-bond donors (Lipinski definition) is 2. The topological polar surface area (TPSA) is 59.0 Å². The van der Waals surface area contributed by atoms with Gasteiger partial charge in [0.1, 0.15) is 5.69 Å². The van der Waals surface area contributed by atoms with E-state index >= 15 is 0 Å². The van der Waals surface area contributed by atoms with Crippen LogP contribution in [0.4, 0.5) is 0 Å². The number of carbonyl (C=O) groups excluding carboxylic acids is 1. The number of piperidine rings is 1. The number of amides is 1. The Balaban J connectivity index is 0.00000240. The number of rotatable bonds is 6. The average Bonchev–Trinajstić information content (AvgIpc) is 3.25. The molecule has 1 fully saturated rings. The Morgan fingerprint density at radius 1 is 1.14 bits per heavy atom. The van der Waals surface area contributed by atoms with Crippen molar-refractivity contribution in [3.63, 3.8) is 0 Å². The first-order chi connectivity index (χ1) is 13.8. The van der Waals surface area contributed by atoms with Crippen LogP contribution in [0.1, 0.15) is 34.9 Å². The second-order valence-corrected chi connectivity index (χ2v) is 8.00. The number of aromatic nitrogens is 2. The summed E-state index contributed by atoms with van der Waals surface area (Å²) in [5.41, 5.74) is 1.57. The molecule has 29 heavy (non-hydrogen) atoms. The van der Waals surface area contributed by atoms with Gasteiger partial charge in [0.25, 0.3) is 5.91 Å². The molecule has 1 saturated heterocycles. The van der Waals surface area contributed by atoms with Crippen LogP contribution >= 0.6 is 24.2 Å². The molecule has 5 nitrogen and oxygen atoms in total. The highest BCUT2D eigenvalue weighted by Crippen LogP contribution is 2.30. The van der Waals surface area contributed by atoms with E-state index in [2.05, 4.69) is 40.0 Å². The Labute approximate surface area is 181 Å². The van der Waals surface area contributed by atoms with Gasteiger partial charge in [0.15, 0.2) is 0 Å². The zero-order chi connectivity index (χ0) is 19.2. The fraction of sp³-hybridized carbons (Fsp3) is 0.273. The normalized spacial score (nSPS) is 16.1. The van der Waals surface area contributed by atoms with Gasteiger partial charge in [-0.25, -0.2) is 0 Å². The van der Waals surface area contributed by atoms with Crippen molar-refractivity contribution in [2.24, 2.45) is 0 Å². The Bertz CT molecular complexity index is 925. The van der Waals surface area contributed by atoms with E-state index in [4.69, 9.17) is 0 Å². The van der Waals surface area contributed by atoms with Gasteiger partial charge >= 0.3 is 0 Å². The maximum absolute atomic E-state index is 12.6. The predicted octanol–water partition coefficient (Wildman–Crippen LogP) is 4.31. The van der Waals surface area contributed by atoms with Crippen molar-refractivity contribution in [1.29, 1.82) is 0 Å². The van der Waals surface area contributed by atoms with Gasteiger partial charge in [-0.15, -0.1) is 12.4 Å². The maximum atomic E-state index is 12.6. The number of hydrogen-bond acceptors (Lipinski definition) is 4. The molecule has 0 spiro atoms. The number of nitrogens with one attached hydrogen (secondary N) is 2. The lowest BCUT2D eigenvalue weighted by molar-refractivity contribution is 0.0944. The zero-order valence-electron chi connectivity index (χ0n) is 16.1. The minimum atomic E-state index is -0.137. The second-order valence-electron chi connectivity index (χ2n) is 6.89. The van der Waals surface area contributed by atoms with E-state index in [0.29, 0.717) is 18.3 Å². The fourth-order valence-electron chi connectivity index (χ4n) is 3.35. The molecule has 1 aliphatic heterocycles. The molecule has 2 aromatic carbocycles. The highest BCUT2D eigenvalue weighted by atomic mass is 35.5. The Morgan fingerprint density at radius 3 is 2.72 bits per heavy atom. The standard InChI is InChI=1S/C22H24N4OS.ClH/c27-22(20-12-14-26(25-20)18-8-6-13-23-16-18)24-15-17-7-4-5-11-21(17)28-19-9-2-1-3-10-19;/h1-5,7,9-12,14,18,23H,6,8,13,15-16H2,(H,24,27);1H. The number of carbonyl (C=O) groups is 1. The Hall–Kier alpha value is -2.28. The summed E-state index contributed by atoms with van der Waals surface area (Å²) in [7, 11) is 0. The molecule has 0 radical (unpaired) electrons. The third-order valence-electron chi connectivity index (χ3n) is 4.87. The third kappa shape index (κ3) is 5.63. The van der Waals surface area contributed by atoms with Gasteiger partial charge in [0.2, 0.25) is 0 Å². The molecular formula is C22H25ClN4OS. The van der Waals surface area contributed by atoms with E-state index in [1.54, 1.807) is 17.8 Å². The first kappa shape index (κ1) is 21.4. The highest BCUT2D eigenvalue weighted by molar-refractivity contribution is 7.99. The summed E-state index contributed by atoms with van der Waals surface area (Å²) in [4.78, 5) is 14.9. The largest absolute Gasteiger partial charge is 0.347 e. The maximum Gasteiger partial charge on any atom is 0.272 e. The first-order valence-corrected chi connectivity index (χ1v) is 10.5. The van der Waals surface area contributed by atoms with Crippen LogP contribution in [0.15, 0.2) is 76.7 Å². The molecule has 1 aromatic heterocycles. The van der Waals surface area contributed by atoms with Crippen LogP contribution in [0.2, 0.25) is 0 Å². The van der Waals surface area contributed by atoms with Gasteiger partial charge in [-0.2, -0.15) is 5.10 Å². The lowest BCUT2D eigenvalue weighted by atomic mass is 10.1. The van der Waals surface area contributed by atoms with Crippen LogP contribution in [0, 0.1) is 0 Å². The minimum absolute atomic E-state index is 0. The van der Waals surface area contributed by atoms with Gasteiger partial charge in [-0.1, -0.05) is 48.2 Å².